The Morgan fingerprint density at radius 1 is 1.32 bits per heavy atom. The van der Waals surface area contributed by atoms with Crippen molar-refractivity contribution in [1.82, 2.24) is 14.8 Å². The third-order valence-electron chi connectivity index (χ3n) is 4.49. The van der Waals surface area contributed by atoms with Crippen molar-refractivity contribution < 1.29 is 18.7 Å². The number of aryl methyl sites for hydroxylation is 2. The Morgan fingerprint density at radius 2 is 2.10 bits per heavy atom. The minimum absolute atomic E-state index is 0.102. The van der Waals surface area contributed by atoms with Gasteiger partial charge < -0.3 is 14.5 Å². The number of aromatic nitrogens is 3. The van der Waals surface area contributed by atoms with Gasteiger partial charge in [0.15, 0.2) is 11.0 Å². The summed E-state index contributed by atoms with van der Waals surface area (Å²) in [6.07, 6.45) is 2.40. The first-order valence-corrected chi connectivity index (χ1v) is 11.9. The second kappa shape index (κ2) is 10.1. The first-order chi connectivity index (χ1) is 14.8. The highest BCUT2D eigenvalue weighted by atomic mass is 32.2. The molecule has 3 aromatic heterocycles. The molecule has 0 spiro atoms. The van der Waals surface area contributed by atoms with Gasteiger partial charge in [0.25, 0.3) is 0 Å². The van der Waals surface area contributed by atoms with E-state index in [1.54, 1.807) is 19.3 Å². The first-order valence-electron chi connectivity index (χ1n) is 10.1. The Morgan fingerprint density at radius 3 is 2.71 bits per heavy atom. The Hall–Kier alpha value is -2.59. The van der Waals surface area contributed by atoms with Crippen molar-refractivity contribution in [3.8, 4) is 11.4 Å². The van der Waals surface area contributed by atoms with Crippen LogP contribution in [-0.4, -0.2) is 39.0 Å². The molecule has 1 N–H and O–H groups in total. The van der Waals surface area contributed by atoms with Crippen LogP contribution in [0.15, 0.2) is 28.0 Å². The molecule has 8 nitrogen and oxygen atoms in total. The highest BCUT2D eigenvalue weighted by Crippen LogP contribution is 2.32. The van der Waals surface area contributed by atoms with Crippen LogP contribution in [-0.2, 0) is 16.0 Å². The number of nitrogens with one attached hydrogen (secondary N) is 1. The molecule has 0 bridgehead atoms. The summed E-state index contributed by atoms with van der Waals surface area (Å²) in [6, 6.07) is 3.74. The van der Waals surface area contributed by atoms with E-state index in [2.05, 4.69) is 15.5 Å². The Labute approximate surface area is 189 Å². The van der Waals surface area contributed by atoms with Gasteiger partial charge in [-0.3, -0.25) is 9.36 Å². The van der Waals surface area contributed by atoms with Gasteiger partial charge >= 0.3 is 5.97 Å². The van der Waals surface area contributed by atoms with E-state index in [1.165, 1.54) is 23.1 Å². The van der Waals surface area contributed by atoms with Crippen LogP contribution in [0.5, 0.6) is 0 Å². The molecule has 31 heavy (non-hydrogen) atoms. The van der Waals surface area contributed by atoms with Crippen molar-refractivity contribution in [2.75, 3.05) is 17.7 Å². The highest BCUT2D eigenvalue weighted by Gasteiger charge is 2.22. The molecule has 0 saturated heterocycles. The van der Waals surface area contributed by atoms with Crippen molar-refractivity contribution >= 4 is 40.0 Å². The van der Waals surface area contributed by atoms with Gasteiger partial charge in [0.1, 0.15) is 10.8 Å². The van der Waals surface area contributed by atoms with E-state index < -0.39 is 5.97 Å². The molecule has 0 aliphatic heterocycles. The van der Waals surface area contributed by atoms with Crippen molar-refractivity contribution in [3.05, 3.63) is 34.6 Å². The third-order valence-corrected chi connectivity index (χ3v) is 6.63. The number of thiophene rings is 1. The molecule has 3 heterocycles. The number of ether oxygens (including phenoxy) is 1. The molecule has 0 atom stereocenters. The quantitative estimate of drug-likeness (QED) is 0.354. The summed E-state index contributed by atoms with van der Waals surface area (Å²) in [5.41, 5.74) is 1.27. The van der Waals surface area contributed by atoms with Gasteiger partial charge in [-0.05, 0) is 46.2 Å². The lowest BCUT2D eigenvalue weighted by Crippen LogP contribution is -2.16. The fourth-order valence-electron chi connectivity index (χ4n) is 3.00. The Kier molecular flexibility index (Phi) is 7.55. The van der Waals surface area contributed by atoms with Crippen LogP contribution in [0.4, 0.5) is 5.00 Å². The van der Waals surface area contributed by atoms with Crippen LogP contribution in [0, 0.1) is 6.92 Å². The van der Waals surface area contributed by atoms with Crippen LogP contribution >= 0.6 is 23.1 Å². The van der Waals surface area contributed by atoms with Gasteiger partial charge in [-0.1, -0.05) is 18.7 Å². The van der Waals surface area contributed by atoms with Gasteiger partial charge in [-0.15, -0.1) is 21.5 Å². The molecule has 0 saturated carbocycles. The van der Waals surface area contributed by atoms with E-state index >= 15 is 0 Å². The number of thioether (sulfide) groups is 1. The number of furan rings is 1. The monoisotopic (exact) mass is 462 g/mol. The average molecular weight is 463 g/mol. The molecule has 0 unspecified atom stereocenters. The molecule has 10 heteroatoms. The van der Waals surface area contributed by atoms with Gasteiger partial charge in [-0.25, -0.2) is 4.79 Å². The lowest BCUT2D eigenvalue weighted by atomic mass is 10.2. The minimum atomic E-state index is -0.430. The summed E-state index contributed by atoms with van der Waals surface area (Å²) in [5, 5.41) is 12.6. The standard InChI is InChI=1S/C21H26N4O4S2/c1-6-14-10-16(20(27)28-7-2)19(31-14)22-17(26)11-30-21-24-23-18(25(21)12(3)4)15-8-9-29-13(15)5/h8-10,12H,6-7,11H2,1-5H3,(H,22,26). The Bertz CT molecular complexity index is 1070. The molecule has 0 aliphatic rings. The topological polar surface area (TPSA) is 99.2 Å². The number of amides is 1. The summed E-state index contributed by atoms with van der Waals surface area (Å²) in [6.45, 7) is 9.99. The van der Waals surface area contributed by atoms with E-state index in [1.807, 2.05) is 38.3 Å². The molecule has 3 aromatic rings. The minimum Gasteiger partial charge on any atom is -0.469 e. The zero-order valence-corrected chi connectivity index (χ0v) is 19.9. The summed E-state index contributed by atoms with van der Waals surface area (Å²) in [7, 11) is 0. The maximum atomic E-state index is 12.6. The van der Waals surface area contributed by atoms with Gasteiger partial charge in [0.05, 0.1) is 29.7 Å². The molecule has 166 valence electrons. The predicted octanol–water partition coefficient (Wildman–Crippen LogP) is 4.96. The number of carbonyl (C=O) groups excluding carboxylic acids is 2. The first kappa shape index (κ1) is 23.1. The number of rotatable bonds is 9. The van der Waals surface area contributed by atoms with Crippen LogP contribution in [0.3, 0.4) is 0 Å². The van der Waals surface area contributed by atoms with Crippen molar-refractivity contribution in [1.29, 1.82) is 0 Å². The zero-order valence-electron chi connectivity index (χ0n) is 18.2. The smallest absolute Gasteiger partial charge is 0.341 e. The molecular weight excluding hydrogens is 436 g/mol. The summed E-state index contributed by atoms with van der Waals surface area (Å²) in [5.74, 6) is 0.955. The summed E-state index contributed by atoms with van der Waals surface area (Å²) >= 11 is 2.69. The van der Waals surface area contributed by atoms with Crippen LogP contribution in [0.1, 0.15) is 54.7 Å². The maximum Gasteiger partial charge on any atom is 0.341 e. The normalized spacial score (nSPS) is 11.2. The van der Waals surface area contributed by atoms with Crippen molar-refractivity contribution in [3.63, 3.8) is 0 Å². The molecular formula is C21H26N4O4S2. The van der Waals surface area contributed by atoms with Crippen LogP contribution < -0.4 is 5.32 Å². The van der Waals surface area contributed by atoms with E-state index in [9.17, 15) is 9.59 Å². The molecule has 0 aromatic carbocycles. The van der Waals surface area contributed by atoms with E-state index in [4.69, 9.17) is 9.15 Å². The fourth-order valence-corrected chi connectivity index (χ4v) is 4.87. The number of carbonyl (C=O) groups is 2. The number of hydrogen-bond acceptors (Lipinski definition) is 8. The number of esters is 1. The average Bonchev–Trinajstić information content (AvgIpc) is 3.44. The van der Waals surface area contributed by atoms with Gasteiger partial charge in [0, 0.05) is 10.9 Å². The Balaban J connectivity index is 1.74. The molecule has 0 fully saturated rings. The van der Waals surface area contributed by atoms with E-state index in [-0.39, 0.29) is 24.3 Å². The van der Waals surface area contributed by atoms with Crippen molar-refractivity contribution in [2.24, 2.45) is 0 Å². The van der Waals surface area contributed by atoms with Gasteiger partial charge in [-0.2, -0.15) is 0 Å². The predicted molar refractivity (Wildman–Crippen MR) is 122 cm³/mol. The summed E-state index contributed by atoms with van der Waals surface area (Å²) in [4.78, 5) is 25.9. The highest BCUT2D eigenvalue weighted by molar-refractivity contribution is 7.99. The molecule has 0 radical (unpaired) electrons. The van der Waals surface area contributed by atoms with E-state index in [0.717, 1.165) is 22.6 Å². The lowest BCUT2D eigenvalue weighted by molar-refractivity contribution is -0.113. The maximum absolute atomic E-state index is 12.6. The largest absolute Gasteiger partial charge is 0.469 e. The lowest BCUT2D eigenvalue weighted by Gasteiger charge is -2.13. The molecule has 3 rings (SSSR count). The van der Waals surface area contributed by atoms with Gasteiger partial charge in [0.2, 0.25) is 5.91 Å². The number of anilines is 1. The molecule has 1 amide bonds. The van der Waals surface area contributed by atoms with Crippen molar-refractivity contribution in [2.45, 2.75) is 52.2 Å². The number of hydrogen-bond donors (Lipinski definition) is 1. The molecule has 0 aliphatic carbocycles. The second-order valence-electron chi connectivity index (χ2n) is 7.03. The summed E-state index contributed by atoms with van der Waals surface area (Å²) < 4.78 is 12.5. The SMILES string of the molecule is CCOC(=O)c1cc(CC)sc1NC(=O)CSc1nnc(-c2ccoc2C)n1C(C)C. The third kappa shape index (κ3) is 5.19. The number of nitrogens with zero attached hydrogens (tertiary/aromatic N) is 3. The second-order valence-corrected chi connectivity index (χ2v) is 9.11. The fraction of sp³-hybridized carbons (Fsp3) is 0.429. The van der Waals surface area contributed by atoms with E-state index in [0.29, 0.717) is 21.5 Å². The zero-order chi connectivity index (χ0) is 22.5. The van der Waals surface area contributed by atoms with Crippen LogP contribution in [0.25, 0.3) is 11.4 Å². The van der Waals surface area contributed by atoms with Crippen LogP contribution in [0.2, 0.25) is 0 Å².